The number of fused-ring (bicyclic) bond motifs is 1. The summed E-state index contributed by atoms with van der Waals surface area (Å²) in [5.41, 5.74) is 3.32. The van der Waals surface area contributed by atoms with E-state index in [4.69, 9.17) is 10.5 Å². The summed E-state index contributed by atoms with van der Waals surface area (Å²) in [6, 6.07) is 1.44. The van der Waals surface area contributed by atoms with Crippen molar-refractivity contribution in [1.29, 1.82) is 0 Å². The number of nitrogens with two attached hydrogens (primary N) is 1. The van der Waals surface area contributed by atoms with E-state index < -0.39 is 30.1 Å². The van der Waals surface area contributed by atoms with Crippen LogP contribution in [0.3, 0.4) is 0 Å². The average Bonchev–Trinajstić information content (AvgIpc) is 2.93. The van der Waals surface area contributed by atoms with Gasteiger partial charge in [-0.15, -0.1) is 0 Å². The molecule has 6 N–H and O–H groups in total. The number of hydrogen-bond donors (Lipinski definition) is 5. The molecule has 108 valence electrons. The average molecular weight is 282 g/mol. The van der Waals surface area contributed by atoms with Crippen molar-refractivity contribution in [2.75, 3.05) is 18.9 Å². The number of aromatic amines is 1. The number of aliphatic hydroxyl groups is 3. The SMILES string of the molecule is Nc1cc2ncn([C@@]3(O)[C@H](O)CO[C@@H]3CO)c2c(=O)[nH]1. The van der Waals surface area contributed by atoms with E-state index >= 15 is 0 Å². The summed E-state index contributed by atoms with van der Waals surface area (Å²) in [5, 5.41) is 29.9. The second-order valence-corrected chi connectivity index (χ2v) is 4.71. The highest BCUT2D eigenvalue weighted by Crippen LogP contribution is 2.33. The fourth-order valence-corrected chi connectivity index (χ4v) is 2.51. The van der Waals surface area contributed by atoms with Crippen LogP contribution in [0, 0.1) is 0 Å². The highest BCUT2D eigenvalue weighted by Gasteiger charge is 2.52. The van der Waals surface area contributed by atoms with E-state index in [1.807, 2.05) is 0 Å². The van der Waals surface area contributed by atoms with E-state index in [0.29, 0.717) is 0 Å². The minimum atomic E-state index is -1.97. The lowest BCUT2D eigenvalue weighted by atomic mass is 10.0. The molecule has 0 radical (unpaired) electrons. The molecule has 0 aromatic carbocycles. The summed E-state index contributed by atoms with van der Waals surface area (Å²) >= 11 is 0. The summed E-state index contributed by atoms with van der Waals surface area (Å²) in [6.45, 7) is -0.672. The topological polar surface area (TPSA) is 147 Å². The number of nitrogen functional groups attached to an aromatic ring is 1. The lowest BCUT2D eigenvalue weighted by Gasteiger charge is -2.31. The maximum Gasteiger partial charge on any atom is 0.275 e. The van der Waals surface area contributed by atoms with Crippen LogP contribution >= 0.6 is 0 Å². The maximum atomic E-state index is 12.0. The summed E-state index contributed by atoms with van der Waals surface area (Å²) < 4.78 is 6.24. The van der Waals surface area contributed by atoms with Crippen LogP contribution in [0.4, 0.5) is 5.82 Å². The number of aliphatic hydroxyl groups excluding tert-OH is 2. The van der Waals surface area contributed by atoms with Crippen LogP contribution in [-0.2, 0) is 10.5 Å². The van der Waals surface area contributed by atoms with Crippen molar-refractivity contribution < 1.29 is 20.1 Å². The third kappa shape index (κ3) is 1.58. The van der Waals surface area contributed by atoms with E-state index in [1.54, 1.807) is 0 Å². The molecule has 1 saturated heterocycles. The van der Waals surface area contributed by atoms with Gasteiger partial charge < -0.3 is 30.8 Å². The van der Waals surface area contributed by atoms with Crippen LogP contribution in [0.5, 0.6) is 0 Å². The first kappa shape index (κ1) is 13.1. The minimum Gasteiger partial charge on any atom is -0.393 e. The first-order chi connectivity index (χ1) is 9.48. The van der Waals surface area contributed by atoms with E-state index in [0.717, 1.165) is 4.57 Å². The fourth-order valence-electron chi connectivity index (χ4n) is 2.51. The molecule has 0 spiro atoms. The summed E-state index contributed by atoms with van der Waals surface area (Å²) in [5.74, 6) is 0.140. The molecule has 0 aliphatic carbocycles. The Morgan fingerprint density at radius 3 is 3.10 bits per heavy atom. The number of ether oxygens (including phenoxy) is 1. The number of rotatable bonds is 2. The zero-order chi connectivity index (χ0) is 14.5. The van der Waals surface area contributed by atoms with Gasteiger partial charge in [-0.2, -0.15) is 0 Å². The molecule has 0 unspecified atom stereocenters. The monoisotopic (exact) mass is 282 g/mol. The second-order valence-electron chi connectivity index (χ2n) is 4.71. The molecule has 3 heterocycles. The van der Waals surface area contributed by atoms with Crippen molar-refractivity contribution in [2.45, 2.75) is 17.9 Å². The van der Waals surface area contributed by atoms with Crippen molar-refractivity contribution in [3.63, 3.8) is 0 Å². The van der Waals surface area contributed by atoms with Gasteiger partial charge in [0.25, 0.3) is 5.56 Å². The number of aromatic nitrogens is 3. The Labute approximate surface area is 112 Å². The molecule has 0 amide bonds. The molecule has 9 nitrogen and oxygen atoms in total. The largest absolute Gasteiger partial charge is 0.393 e. The Morgan fingerprint density at radius 2 is 2.40 bits per heavy atom. The minimum absolute atomic E-state index is 0.0460. The van der Waals surface area contributed by atoms with Crippen LogP contribution in [0.15, 0.2) is 17.2 Å². The first-order valence-electron chi connectivity index (χ1n) is 5.97. The molecule has 3 atom stereocenters. The summed E-state index contributed by atoms with van der Waals surface area (Å²) in [6.07, 6.45) is -1.15. The van der Waals surface area contributed by atoms with Gasteiger partial charge in [0.05, 0.1) is 25.1 Å². The number of nitrogens with zero attached hydrogens (tertiary/aromatic N) is 2. The number of nitrogens with one attached hydrogen (secondary N) is 1. The van der Waals surface area contributed by atoms with Crippen LogP contribution in [0.1, 0.15) is 0 Å². The quantitative estimate of drug-likeness (QED) is 0.416. The van der Waals surface area contributed by atoms with E-state index in [1.165, 1.54) is 12.4 Å². The molecule has 0 saturated carbocycles. The van der Waals surface area contributed by atoms with Crippen LogP contribution < -0.4 is 11.3 Å². The molecule has 3 rings (SSSR count). The zero-order valence-corrected chi connectivity index (χ0v) is 10.4. The molecule has 0 bridgehead atoms. The molecule has 2 aromatic rings. The Bertz CT molecular complexity index is 710. The molecule has 2 aromatic heterocycles. The molecule has 20 heavy (non-hydrogen) atoms. The summed E-state index contributed by atoms with van der Waals surface area (Å²) in [4.78, 5) is 18.4. The van der Waals surface area contributed by atoms with Crippen molar-refractivity contribution in [3.05, 3.63) is 22.7 Å². The zero-order valence-electron chi connectivity index (χ0n) is 10.4. The highest BCUT2D eigenvalue weighted by molar-refractivity contribution is 5.76. The Balaban J connectivity index is 2.27. The van der Waals surface area contributed by atoms with E-state index in [-0.39, 0.29) is 23.5 Å². The molecule has 1 aliphatic rings. The predicted octanol–water partition coefficient (Wildman–Crippen LogP) is -2.30. The molecule has 1 aliphatic heterocycles. The Kier molecular flexibility index (Phi) is 2.80. The van der Waals surface area contributed by atoms with E-state index in [9.17, 15) is 20.1 Å². The van der Waals surface area contributed by atoms with Crippen LogP contribution in [0.2, 0.25) is 0 Å². The highest BCUT2D eigenvalue weighted by atomic mass is 16.6. The van der Waals surface area contributed by atoms with Gasteiger partial charge in [-0.1, -0.05) is 0 Å². The van der Waals surface area contributed by atoms with Gasteiger partial charge in [-0.05, 0) is 0 Å². The van der Waals surface area contributed by atoms with Gasteiger partial charge in [-0.3, -0.25) is 9.36 Å². The molecular weight excluding hydrogens is 268 g/mol. The van der Waals surface area contributed by atoms with Crippen LogP contribution in [0.25, 0.3) is 11.0 Å². The smallest absolute Gasteiger partial charge is 0.275 e. The lowest BCUT2D eigenvalue weighted by Crippen LogP contribution is -2.51. The van der Waals surface area contributed by atoms with E-state index in [2.05, 4.69) is 9.97 Å². The van der Waals surface area contributed by atoms with Gasteiger partial charge in [0.2, 0.25) is 5.72 Å². The van der Waals surface area contributed by atoms with Crippen molar-refractivity contribution in [2.24, 2.45) is 0 Å². The fraction of sp³-hybridized carbons (Fsp3) is 0.455. The number of pyridine rings is 1. The van der Waals surface area contributed by atoms with Gasteiger partial charge in [0.1, 0.15) is 23.5 Å². The Hall–Kier alpha value is -1.94. The standard InChI is InChI=1S/C11H14N4O5/c12-8-1-5-9(10(18)14-8)15(4-13-5)11(19)6(17)3-20-7(11)2-16/h1,4,6-7,16-17,19H,2-3H2,(H3,12,14,18)/t6-,7-,11-/m1/s1. The third-order valence-electron chi connectivity index (χ3n) is 3.53. The van der Waals surface area contributed by atoms with Crippen molar-refractivity contribution in [3.8, 4) is 0 Å². The van der Waals surface area contributed by atoms with Crippen molar-refractivity contribution in [1.82, 2.24) is 14.5 Å². The second kappa shape index (κ2) is 4.28. The van der Waals surface area contributed by atoms with Gasteiger partial charge in [0, 0.05) is 6.07 Å². The van der Waals surface area contributed by atoms with Crippen molar-refractivity contribution >= 4 is 16.9 Å². The molecule has 1 fully saturated rings. The summed E-state index contributed by atoms with van der Waals surface area (Å²) in [7, 11) is 0. The number of H-pyrrole nitrogens is 1. The van der Waals surface area contributed by atoms with Gasteiger partial charge >= 0.3 is 0 Å². The van der Waals surface area contributed by atoms with Crippen LogP contribution in [-0.4, -0.2) is 55.3 Å². The normalized spacial score (nSPS) is 30.1. The van der Waals surface area contributed by atoms with Gasteiger partial charge in [0.15, 0.2) is 0 Å². The Morgan fingerprint density at radius 1 is 1.65 bits per heavy atom. The number of imidazole rings is 1. The number of hydrogen-bond acceptors (Lipinski definition) is 7. The van der Waals surface area contributed by atoms with Gasteiger partial charge in [-0.25, -0.2) is 4.98 Å². The maximum absolute atomic E-state index is 12.0. The third-order valence-corrected chi connectivity index (χ3v) is 3.53. The lowest BCUT2D eigenvalue weighted by molar-refractivity contribution is -0.147. The molecule has 9 heteroatoms. The number of anilines is 1. The predicted molar refractivity (Wildman–Crippen MR) is 67.8 cm³/mol. The first-order valence-corrected chi connectivity index (χ1v) is 5.97. The molecular formula is C11H14N4O5.